The van der Waals surface area contributed by atoms with E-state index in [0.717, 1.165) is 83.5 Å². The van der Waals surface area contributed by atoms with Crippen molar-refractivity contribution in [2.24, 2.45) is 0 Å². The fourth-order valence-electron chi connectivity index (χ4n) is 8.11. The fourth-order valence-corrected chi connectivity index (χ4v) is 8.11. The number of allylic oxidation sites excluding steroid dienone is 12. The van der Waals surface area contributed by atoms with Gasteiger partial charge in [0.1, 0.15) is 13.2 Å². The van der Waals surface area contributed by atoms with Crippen LogP contribution >= 0.6 is 0 Å². The van der Waals surface area contributed by atoms with Crippen LogP contribution in [0.5, 0.6) is 0 Å². The van der Waals surface area contributed by atoms with Gasteiger partial charge in [-0.1, -0.05) is 248 Å². The number of carbonyl (C=O) groups excluding carboxylic acids is 3. The molecule has 0 aliphatic carbocycles. The Morgan fingerprint density at radius 3 is 0.926 bits per heavy atom. The van der Waals surface area contributed by atoms with Crippen LogP contribution in [0.1, 0.15) is 284 Å². The predicted octanol–water partition coefficient (Wildman–Crippen LogP) is 19.4. The van der Waals surface area contributed by atoms with Crippen LogP contribution in [0.15, 0.2) is 72.9 Å². The van der Waals surface area contributed by atoms with E-state index in [1.54, 1.807) is 0 Å². The number of ether oxygens (including phenoxy) is 3. The number of carbonyl (C=O) groups is 3. The van der Waals surface area contributed by atoms with Crippen LogP contribution < -0.4 is 0 Å². The first kappa shape index (κ1) is 64.8. The zero-order chi connectivity index (χ0) is 49.3. The highest BCUT2D eigenvalue weighted by atomic mass is 16.6. The van der Waals surface area contributed by atoms with Crippen molar-refractivity contribution in [1.82, 2.24) is 0 Å². The van der Waals surface area contributed by atoms with E-state index in [1.165, 1.54) is 154 Å². The lowest BCUT2D eigenvalue weighted by Crippen LogP contribution is -2.30. The van der Waals surface area contributed by atoms with Crippen molar-refractivity contribution in [3.05, 3.63) is 72.9 Å². The Morgan fingerprint density at radius 2 is 0.574 bits per heavy atom. The zero-order valence-electron chi connectivity index (χ0n) is 44.9. The van der Waals surface area contributed by atoms with Crippen LogP contribution in [0.2, 0.25) is 0 Å². The van der Waals surface area contributed by atoms with Gasteiger partial charge in [0.05, 0.1) is 0 Å². The van der Waals surface area contributed by atoms with Crippen LogP contribution in [0.4, 0.5) is 0 Å². The van der Waals surface area contributed by atoms with Gasteiger partial charge in [-0.05, 0) is 89.9 Å². The lowest BCUT2D eigenvalue weighted by atomic mass is 10.0. The number of unbranched alkanes of at least 4 members (excludes halogenated alkanes) is 29. The second-order valence-electron chi connectivity index (χ2n) is 19.2. The maximum atomic E-state index is 12.8. The second kappa shape index (κ2) is 56.4. The van der Waals surface area contributed by atoms with Crippen molar-refractivity contribution in [3.8, 4) is 0 Å². The monoisotopic (exact) mass is 949 g/mol. The topological polar surface area (TPSA) is 78.9 Å². The molecule has 0 spiro atoms. The predicted molar refractivity (Wildman–Crippen MR) is 293 cm³/mol. The zero-order valence-corrected chi connectivity index (χ0v) is 44.9. The van der Waals surface area contributed by atoms with Crippen LogP contribution in [-0.4, -0.2) is 37.2 Å². The Labute approximate surface area is 421 Å². The maximum Gasteiger partial charge on any atom is 0.306 e. The van der Waals surface area contributed by atoms with Gasteiger partial charge in [-0.3, -0.25) is 14.4 Å². The number of esters is 3. The molecular weight excluding hydrogens is 841 g/mol. The molecule has 0 aromatic heterocycles. The van der Waals surface area contributed by atoms with Crippen molar-refractivity contribution < 1.29 is 28.6 Å². The largest absolute Gasteiger partial charge is 0.462 e. The summed E-state index contributed by atoms with van der Waals surface area (Å²) in [6.07, 6.45) is 72.0. The van der Waals surface area contributed by atoms with E-state index in [2.05, 4.69) is 93.7 Å². The molecule has 392 valence electrons. The lowest BCUT2D eigenvalue weighted by molar-refractivity contribution is -0.167. The molecule has 0 aliphatic heterocycles. The highest BCUT2D eigenvalue weighted by Crippen LogP contribution is 2.16. The molecule has 0 aromatic rings. The Morgan fingerprint density at radius 1 is 0.309 bits per heavy atom. The molecular formula is C62H108O6. The molecule has 1 unspecified atom stereocenters. The first-order chi connectivity index (χ1) is 33.5. The van der Waals surface area contributed by atoms with Crippen LogP contribution in [0.3, 0.4) is 0 Å². The maximum absolute atomic E-state index is 12.8. The molecule has 0 fully saturated rings. The van der Waals surface area contributed by atoms with Gasteiger partial charge >= 0.3 is 17.9 Å². The van der Waals surface area contributed by atoms with Gasteiger partial charge in [0.2, 0.25) is 0 Å². The van der Waals surface area contributed by atoms with E-state index < -0.39 is 6.10 Å². The third-order valence-electron chi connectivity index (χ3n) is 12.4. The van der Waals surface area contributed by atoms with Crippen LogP contribution in [0.25, 0.3) is 0 Å². The molecule has 0 rings (SSSR count). The van der Waals surface area contributed by atoms with Gasteiger partial charge in [0.15, 0.2) is 6.10 Å². The van der Waals surface area contributed by atoms with Crippen LogP contribution in [0, 0.1) is 0 Å². The van der Waals surface area contributed by atoms with Crippen LogP contribution in [-0.2, 0) is 28.6 Å². The third-order valence-corrected chi connectivity index (χ3v) is 12.4. The van der Waals surface area contributed by atoms with Crippen molar-refractivity contribution >= 4 is 17.9 Å². The summed E-state index contributed by atoms with van der Waals surface area (Å²) in [6, 6.07) is 0. The Balaban J connectivity index is 4.26. The summed E-state index contributed by atoms with van der Waals surface area (Å²) in [6.45, 7) is 6.48. The first-order valence-electron chi connectivity index (χ1n) is 28.9. The fraction of sp³-hybridized carbons (Fsp3) is 0.758. The van der Waals surface area contributed by atoms with Crippen molar-refractivity contribution in [2.75, 3.05) is 13.2 Å². The minimum Gasteiger partial charge on any atom is -0.462 e. The van der Waals surface area contributed by atoms with Gasteiger partial charge in [-0.25, -0.2) is 0 Å². The Kier molecular flexibility index (Phi) is 53.8. The number of rotatable bonds is 52. The third kappa shape index (κ3) is 53.8. The average Bonchev–Trinajstić information content (AvgIpc) is 3.34. The van der Waals surface area contributed by atoms with E-state index in [9.17, 15) is 14.4 Å². The molecule has 0 saturated heterocycles. The number of hydrogen-bond acceptors (Lipinski definition) is 6. The molecule has 0 aliphatic rings. The average molecular weight is 950 g/mol. The van der Waals surface area contributed by atoms with E-state index in [1.807, 2.05) is 0 Å². The van der Waals surface area contributed by atoms with Crippen molar-refractivity contribution in [2.45, 2.75) is 290 Å². The standard InChI is InChI=1S/C62H108O6/c1-4-7-10-13-16-19-22-24-26-27-28-29-30-31-32-33-34-35-37-38-40-43-46-49-52-55-61(64)67-58-59(57-66-60(63)54-51-48-45-42-21-18-15-12-9-6-3)68-62(65)56-53-50-47-44-41-39-36-25-23-20-17-14-11-8-5-2/h8,11,17,20,22,24-25,27-28,36,41,44,59H,4-7,9-10,12-16,18-19,21,23,26,29-35,37-40,42-43,45-58H2,1-3H3/b11-8-,20-17-,24-22-,28-27-,36-25-,44-41-. The number of hydrogen-bond donors (Lipinski definition) is 0. The molecule has 0 heterocycles. The summed E-state index contributed by atoms with van der Waals surface area (Å²) >= 11 is 0. The van der Waals surface area contributed by atoms with Gasteiger partial charge in [-0.2, -0.15) is 0 Å². The van der Waals surface area contributed by atoms with Gasteiger partial charge < -0.3 is 14.2 Å². The SMILES string of the molecule is CC/C=C\C/C=C\C/C=C\C/C=C\CCCCC(=O)OC(COC(=O)CCCCCCCCCCCC)COC(=O)CCCCCCCCCCCCCCC/C=C\C/C=C\CCCCCCC. The molecule has 0 bridgehead atoms. The molecule has 0 amide bonds. The molecule has 1 atom stereocenters. The summed E-state index contributed by atoms with van der Waals surface area (Å²) in [5.41, 5.74) is 0. The minimum absolute atomic E-state index is 0.0901. The molecule has 0 aromatic carbocycles. The quantitative estimate of drug-likeness (QED) is 0.0262. The smallest absolute Gasteiger partial charge is 0.306 e. The Hall–Kier alpha value is -3.15. The highest BCUT2D eigenvalue weighted by Gasteiger charge is 2.19. The summed E-state index contributed by atoms with van der Waals surface area (Å²) in [4.78, 5) is 38.0. The highest BCUT2D eigenvalue weighted by molar-refractivity contribution is 5.71. The second-order valence-corrected chi connectivity index (χ2v) is 19.2. The first-order valence-corrected chi connectivity index (χ1v) is 28.9. The van der Waals surface area contributed by atoms with E-state index in [-0.39, 0.29) is 37.5 Å². The lowest BCUT2D eigenvalue weighted by Gasteiger charge is -2.18. The molecule has 6 heteroatoms. The van der Waals surface area contributed by atoms with E-state index >= 15 is 0 Å². The van der Waals surface area contributed by atoms with Gasteiger partial charge in [0, 0.05) is 19.3 Å². The van der Waals surface area contributed by atoms with E-state index in [0.29, 0.717) is 19.3 Å². The molecule has 68 heavy (non-hydrogen) atoms. The molecule has 6 nitrogen and oxygen atoms in total. The Bertz CT molecular complexity index is 1270. The molecule has 0 radical (unpaired) electrons. The van der Waals surface area contributed by atoms with Gasteiger partial charge in [0.25, 0.3) is 0 Å². The summed E-state index contributed by atoms with van der Waals surface area (Å²) < 4.78 is 16.8. The van der Waals surface area contributed by atoms with Gasteiger partial charge in [-0.15, -0.1) is 0 Å². The summed E-state index contributed by atoms with van der Waals surface area (Å²) in [5, 5.41) is 0. The van der Waals surface area contributed by atoms with Crippen molar-refractivity contribution in [1.29, 1.82) is 0 Å². The summed E-state index contributed by atoms with van der Waals surface area (Å²) in [5.74, 6) is -0.927. The minimum atomic E-state index is -0.794. The van der Waals surface area contributed by atoms with Crippen molar-refractivity contribution in [3.63, 3.8) is 0 Å². The van der Waals surface area contributed by atoms with E-state index in [4.69, 9.17) is 14.2 Å². The molecule has 0 N–H and O–H groups in total. The summed E-state index contributed by atoms with van der Waals surface area (Å²) in [7, 11) is 0. The molecule has 0 saturated carbocycles. The normalized spacial score (nSPS) is 12.6.